The third-order valence-electron chi connectivity index (χ3n) is 7.39. The first-order valence-corrected chi connectivity index (χ1v) is 15.6. The van der Waals surface area contributed by atoms with Crippen LogP contribution in [-0.2, 0) is 9.53 Å². The fourth-order valence-electron chi connectivity index (χ4n) is 5.29. The second kappa shape index (κ2) is 12.7. The highest BCUT2D eigenvalue weighted by atomic mass is 79.9. The first kappa shape index (κ1) is 30.5. The number of benzene rings is 3. The first-order valence-electron chi connectivity index (χ1n) is 14.0. The van der Waals surface area contributed by atoms with Crippen LogP contribution in [0.5, 0.6) is 11.5 Å². The van der Waals surface area contributed by atoms with Crippen molar-refractivity contribution in [3.05, 3.63) is 118 Å². The summed E-state index contributed by atoms with van der Waals surface area (Å²) in [7, 11) is 3.24. The Balaban J connectivity index is 1.86. The van der Waals surface area contributed by atoms with E-state index < -0.39 is 12.0 Å². The van der Waals surface area contributed by atoms with Crippen LogP contribution in [0.25, 0.3) is 11.8 Å². The fraction of sp³-hybridized carbons (Fsp3) is 0.265. The summed E-state index contributed by atoms with van der Waals surface area (Å²) in [5.74, 6) is 1.04. The molecule has 222 valence electrons. The Morgan fingerprint density at radius 3 is 2.44 bits per heavy atom. The van der Waals surface area contributed by atoms with Gasteiger partial charge in [-0.05, 0) is 72.9 Å². The minimum atomic E-state index is -0.844. The lowest BCUT2D eigenvalue weighted by molar-refractivity contribution is -0.138. The summed E-state index contributed by atoms with van der Waals surface area (Å²) >= 11 is 4.86. The molecule has 0 amide bonds. The van der Waals surface area contributed by atoms with Gasteiger partial charge >= 0.3 is 5.97 Å². The van der Waals surface area contributed by atoms with E-state index in [2.05, 4.69) is 35.8 Å². The van der Waals surface area contributed by atoms with Gasteiger partial charge in [0.2, 0.25) is 0 Å². The molecule has 5 rings (SSSR count). The van der Waals surface area contributed by atoms with E-state index in [1.165, 1.54) is 11.3 Å². The Morgan fingerprint density at radius 2 is 1.79 bits per heavy atom. The number of rotatable bonds is 8. The standard InChI is InChI=1S/C34H33BrN2O5S/c1-7-42-33(39)29-30(21-11-9-8-10-12-21)36-34-37(31(29)25-18-23(35)13-14-26(25)40-5)32(38)28(43-34)17-22-16-24(19(2)3)27(41-6)15-20(22)4/h8-19,31H,7H2,1-6H3/b28-17-/t31-/m1/s1. The minimum Gasteiger partial charge on any atom is -0.496 e. The molecule has 0 fully saturated rings. The summed E-state index contributed by atoms with van der Waals surface area (Å²) in [5.41, 5.74) is 4.81. The Kier molecular flexibility index (Phi) is 9.03. The van der Waals surface area contributed by atoms with Crippen LogP contribution in [-0.4, -0.2) is 31.4 Å². The highest BCUT2D eigenvalue weighted by Gasteiger charge is 2.37. The van der Waals surface area contributed by atoms with Gasteiger partial charge in [0, 0.05) is 15.6 Å². The maximum absolute atomic E-state index is 14.3. The number of ether oxygens (including phenoxy) is 3. The number of aryl methyl sites for hydroxylation is 1. The van der Waals surface area contributed by atoms with Gasteiger partial charge in [0.05, 0.1) is 36.6 Å². The maximum Gasteiger partial charge on any atom is 0.338 e. The van der Waals surface area contributed by atoms with E-state index in [0.717, 1.165) is 32.5 Å². The van der Waals surface area contributed by atoms with Gasteiger partial charge in [-0.3, -0.25) is 9.36 Å². The molecule has 1 aromatic heterocycles. The maximum atomic E-state index is 14.3. The van der Waals surface area contributed by atoms with Gasteiger partial charge < -0.3 is 14.2 Å². The SMILES string of the molecule is CCOC(=O)C1=C(c2ccccc2)N=c2s/c(=C\c3cc(C(C)C)c(OC)cc3C)c(=O)n2[C@@H]1c1cc(Br)ccc1OC. The van der Waals surface area contributed by atoms with Crippen LogP contribution in [0.1, 0.15) is 60.5 Å². The molecule has 3 aromatic carbocycles. The van der Waals surface area contributed by atoms with Crippen molar-refractivity contribution in [1.82, 2.24) is 4.57 Å². The zero-order chi connectivity index (χ0) is 30.8. The van der Waals surface area contributed by atoms with Crippen molar-refractivity contribution in [3.8, 4) is 11.5 Å². The van der Waals surface area contributed by atoms with Crippen LogP contribution >= 0.6 is 27.3 Å². The lowest BCUT2D eigenvalue weighted by atomic mass is 9.92. The molecule has 7 nitrogen and oxygen atoms in total. The number of carbonyl (C=O) groups excluding carboxylic acids is 1. The summed E-state index contributed by atoms with van der Waals surface area (Å²) < 4.78 is 19.8. The van der Waals surface area contributed by atoms with Crippen LogP contribution in [0.15, 0.2) is 80.5 Å². The number of hydrogen-bond acceptors (Lipinski definition) is 7. The van der Waals surface area contributed by atoms with Crippen molar-refractivity contribution in [2.75, 3.05) is 20.8 Å². The lowest BCUT2D eigenvalue weighted by Crippen LogP contribution is -2.40. The Bertz CT molecular complexity index is 1910. The van der Waals surface area contributed by atoms with Crippen molar-refractivity contribution >= 4 is 45.0 Å². The molecule has 9 heteroatoms. The van der Waals surface area contributed by atoms with Crippen molar-refractivity contribution < 1.29 is 19.0 Å². The minimum absolute atomic E-state index is 0.173. The molecule has 43 heavy (non-hydrogen) atoms. The number of halogens is 1. The zero-order valence-electron chi connectivity index (χ0n) is 24.9. The van der Waals surface area contributed by atoms with E-state index in [1.54, 1.807) is 25.7 Å². The molecule has 0 saturated heterocycles. The van der Waals surface area contributed by atoms with E-state index in [4.69, 9.17) is 19.2 Å². The van der Waals surface area contributed by atoms with Crippen molar-refractivity contribution in [3.63, 3.8) is 0 Å². The normalized spacial score (nSPS) is 14.9. The second-order valence-corrected chi connectivity index (χ2v) is 12.3. The van der Waals surface area contributed by atoms with Gasteiger partial charge in [-0.15, -0.1) is 0 Å². The molecular formula is C34H33BrN2O5S. The topological polar surface area (TPSA) is 79.1 Å². The molecule has 0 aliphatic carbocycles. The van der Waals surface area contributed by atoms with Crippen LogP contribution < -0.4 is 24.4 Å². The van der Waals surface area contributed by atoms with E-state index in [1.807, 2.05) is 67.6 Å². The molecular weight excluding hydrogens is 628 g/mol. The molecule has 0 saturated carbocycles. The monoisotopic (exact) mass is 660 g/mol. The van der Waals surface area contributed by atoms with Gasteiger partial charge in [0.15, 0.2) is 4.80 Å². The second-order valence-electron chi connectivity index (χ2n) is 10.4. The van der Waals surface area contributed by atoms with Gasteiger partial charge in [0.25, 0.3) is 5.56 Å². The van der Waals surface area contributed by atoms with Crippen molar-refractivity contribution in [2.24, 2.45) is 4.99 Å². The summed E-state index contributed by atoms with van der Waals surface area (Å²) in [6, 6.07) is 18.3. The average Bonchev–Trinajstić information content (AvgIpc) is 3.31. The molecule has 0 unspecified atom stereocenters. The number of hydrogen-bond donors (Lipinski definition) is 0. The first-order chi connectivity index (χ1) is 20.7. The highest BCUT2D eigenvalue weighted by Crippen LogP contribution is 2.40. The van der Waals surface area contributed by atoms with Crippen molar-refractivity contribution in [2.45, 2.75) is 39.7 Å². The molecule has 0 N–H and O–H groups in total. The van der Waals surface area contributed by atoms with Gasteiger partial charge in [-0.25, -0.2) is 9.79 Å². The van der Waals surface area contributed by atoms with Crippen LogP contribution in [0, 0.1) is 6.92 Å². The molecule has 1 atom stereocenters. The molecule has 0 spiro atoms. The van der Waals surface area contributed by atoms with Crippen LogP contribution in [0.3, 0.4) is 0 Å². The summed E-state index contributed by atoms with van der Waals surface area (Å²) in [4.78, 5) is 33.5. The smallest absolute Gasteiger partial charge is 0.338 e. The quantitative estimate of drug-likeness (QED) is 0.212. The average molecular weight is 662 g/mol. The molecule has 2 heterocycles. The highest BCUT2D eigenvalue weighted by molar-refractivity contribution is 9.10. The van der Waals surface area contributed by atoms with Crippen LogP contribution in [0.2, 0.25) is 0 Å². The number of esters is 1. The molecule has 1 aliphatic rings. The van der Waals surface area contributed by atoms with E-state index in [9.17, 15) is 9.59 Å². The third-order valence-corrected chi connectivity index (χ3v) is 8.86. The lowest BCUT2D eigenvalue weighted by Gasteiger charge is -2.27. The van der Waals surface area contributed by atoms with Gasteiger partial charge in [0.1, 0.15) is 17.5 Å². The summed E-state index contributed by atoms with van der Waals surface area (Å²) in [5, 5.41) is 0. The largest absolute Gasteiger partial charge is 0.496 e. The van der Waals surface area contributed by atoms with E-state index in [0.29, 0.717) is 26.3 Å². The number of methoxy groups -OCH3 is 2. The Hall–Kier alpha value is -3.95. The Labute approximate surface area is 262 Å². The summed E-state index contributed by atoms with van der Waals surface area (Å²) in [6.45, 7) is 8.15. The van der Waals surface area contributed by atoms with Crippen molar-refractivity contribution in [1.29, 1.82) is 0 Å². The number of nitrogens with zero attached hydrogens (tertiary/aromatic N) is 2. The predicted octanol–water partition coefficient (Wildman–Crippen LogP) is 6.15. The third kappa shape index (κ3) is 5.84. The summed E-state index contributed by atoms with van der Waals surface area (Å²) in [6.07, 6.45) is 1.90. The fourth-order valence-corrected chi connectivity index (χ4v) is 6.66. The number of aromatic nitrogens is 1. The molecule has 0 bridgehead atoms. The van der Waals surface area contributed by atoms with Gasteiger partial charge in [-0.1, -0.05) is 71.4 Å². The van der Waals surface area contributed by atoms with E-state index >= 15 is 0 Å². The van der Waals surface area contributed by atoms with E-state index in [-0.39, 0.29) is 23.7 Å². The van der Waals surface area contributed by atoms with Gasteiger partial charge in [-0.2, -0.15) is 0 Å². The number of thiazole rings is 1. The molecule has 4 aromatic rings. The number of fused-ring (bicyclic) bond motifs is 1. The molecule has 1 aliphatic heterocycles. The predicted molar refractivity (Wildman–Crippen MR) is 174 cm³/mol. The number of carbonyl (C=O) groups is 1. The zero-order valence-corrected chi connectivity index (χ0v) is 27.3. The van der Waals surface area contributed by atoms with Crippen LogP contribution in [0.4, 0.5) is 0 Å². The Morgan fingerprint density at radius 1 is 1.07 bits per heavy atom. The molecule has 0 radical (unpaired) electrons.